The monoisotopic (exact) mass is 143 g/mol. The fraction of sp³-hybridized carbons (Fsp3) is 0.889. The van der Waals surface area contributed by atoms with Gasteiger partial charge in [-0.2, -0.15) is 0 Å². The lowest BCUT2D eigenvalue weighted by Crippen LogP contribution is -2.12. The summed E-state index contributed by atoms with van der Waals surface area (Å²) in [5.41, 5.74) is 0. The van der Waals surface area contributed by atoms with Crippen LogP contribution in [0.15, 0.2) is 0 Å². The molecule has 0 aliphatic carbocycles. The molecule has 0 bridgehead atoms. The normalized spacial score (nSPS) is 14.1. The zero-order valence-electron chi connectivity index (χ0n) is 7.39. The minimum absolute atomic E-state index is 0.201. The molecule has 0 saturated heterocycles. The van der Waals surface area contributed by atoms with Crippen LogP contribution in [-0.2, 0) is 4.74 Å². The SMILES string of the molecule is [CH2]C(CCC)OCC(C)C. The molecule has 1 atom stereocenters. The average molecular weight is 143 g/mol. The molecule has 0 fully saturated rings. The summed E-state index contributed by atoms with van der Waals surface area (Å²) in [7, 11) is 0. The second-order valence-corrected chi connectivity index (χ2v) is 3.14. The van der Waals surface area contributed by atoms with Crippen LogP contribution in [-0.4, -0.2) is 12.7 Å². The van der Waals surface area contributed by atoms with Crippen molar-refractivity contribution in [2.45, 2.75) is 39.7 Å². The van der Waals surface area contributed by atoms with Crippen molar-refractivity contribution in [2.24, 2.45) is 5.92 Å². The van der Waals surface area contributed by atoms with Gasteiger partial charge in [0.25, 0.3) is 0 Å². The van der Waals surface area contributed by atoms with Crippen molar-refractivity contribution in [3.05, 3.63) is 6.92 Å². The average Bonchev–Trinajstić information content (AvgIpc) is 1.85. The molecular formula is C9H19O. The quantitative estimate of drug-likeness (QED) is 0.575. The summed E-state index contributed by atoms with van der Waals surface area (Å²) in [4.78, 5) is 0. The smallest absolute Gasteiger partial charge is 0.0576 e. The molecule has 0 aliphatic rings. The van der Waals surface area contributed by atoms with Crippen LogP contribution in [0.3, 0.4) is 0 Å². The predicted molar refractivity (Wildman–Crippen MR) is 44.8 cm³/mol. The van der Waals surface area contributed by atoms with Gasteiger partial charge in [-0.1, -0.05) is 27.2 Å². The lowest BCUT2D eigenvalue weighted by atomic mass is 10.2. The number of rotatable bonds is 5. The standard InChI is InChI=1S/C9H19O/c1-5-6-9(4)10-7-8(2)3/h8-9H,4-7H2,1-3H3. The fourth-order valence-corrected chi connectivity index (χ4v) is 0.734. The van der Waals surface area contributed by atoms with E-state index < -0.39 is 0 Å². The van der Waals surface area contributed by atoms with E-state index in [2.05, 4.69) is 27.7 Å². The Labute approximate surface area is 64.8 Å². The first kappa shape index (κ1) is 9.96. The highest BCUT2D eigenvalue weighted by Gasteiger charge is 2.00. The molecule has 0 aromatic rings. The van der Waals surface area contributed by atoms with E-state index in [-0.39, 0.29) is 6.10 Å². The maximum Gasteiger partial charge on any atom is 0.0576 e. The Morgan fingerprint density at radius 1 is 1.40 bits per heavy atom. The van der Waals surface area contributed by atoms with Crippen molar-refractivity contribution in [3.63, 3.8) is 0 Å². The molecule has 1 heteroatoms. The third kappa shape index (κ3) is 6.09. The number of hydrogen-bond acceptors (Lipinski definition) is 1. The zero-order valence-corrected chi connectivity index (χ0v) is 7.39. The molecular weight excluding hydrogens is 124 g/mol. The van der Waals surface area contributed by atoms with Gasteiger partial charge in [0, 0.05) is 6.61 Å². The fourth-order valence-electron chi connectivity index (χ4n) is 0.734. The third-order valence-corrected chi connectivity index (χ3v) is 1.28. The van der Waals surface area contributed by atoms with E-state index >= 15 is 0 Å². The summed E-state index contributed by atoms with van der Waals surface area (Å²) in [6.45, 7) is 11.2. The molecule has 0 amide bonds. The van der Waals surface area contributed by atoms with Crippen LogP contribution >= 0.6 is 0 Å². The van der Waals surface area contributed by atoms with Gasteiger partial charge in [0.05, 0.1) is 6.10 Å². The Morgan fingerprint density at radius 3 is 2.40 bits per heavy atom. The maximum atomic E-state index is 5.43. The van der Waals surface area contributed by atoms with Gasteiger partial charge in [0.1, 0.15) is 0 Å². The molecule has 61 valence electrons. The van der Waals surface area contributed by atoms with Gasteiger partial charge in [-0.15, -0.1) is 0 Å². The van der Waals surface area contributed by atoms with E-state index in [4.69, 9.17) is 4.74 Å². The first-order valence-corrected chi connectivity index (χ1v) is 4.11. The second-order valence-electron chi connectivity index (χ2n) is 3.14. The molecule has 0 aromatic heterocycles. The van der Waals surface area contributed by atoms with E-state index in [0.717, 1.165) is 19.4 Å². The van der Waals surface area contributed by atoms with E-state index in [0.29, 0.717) is 5.92 Å². The van der Waals surface area contributed by atoms with Gasteiger partial charge in [-0.3, -0.25) is 0 Å². The highest BCUT2D eigenvalue weighted by atomic mass is 16.5. The van der Waals surface area contributed by atoms with Crippen molar-refractivity contribution < 1.29 is 4.74 Å². The Hall–Kier alpha value is -0.0400. The molecule has 0 heterocycles. The van der Waals surface area contributed by atoms with Gasteiger partial charge in [-0.05, 0) is 19.3 Å². The summed E-state index contributed by atoms with van der Waals surface area (Å²) in [5.74, 6) is 0.626. The molecule has 0 aliphatic heterocycles. The molecule has 0 saturated carbocycles. The van der Waals surface area contributed by atoms with Crippen molar-refractivity contribution in [2.75, 3.05) is 6.61 Å². The van der Waals surface area contributed by atoms with E-state index in [1.807, 2.05) is 0 Å². The molecule has 1 radical (unpaired) electrons. The lowest BCUT2D eigenvalue weighted by Gasteiger charge is -2.12. The third-order valence-electron chi connectivity index (χ3n) is 1.28. The number of ether oxygens (including phenoxy) is 1. The minimum Gasteiger partial charge on any atom is -0.378 e. The summed E-state index contributed by atoms with van der Waals surface area (Å²) >= 11 is 0. The largest absolute Gasteiger partial charge is 0.378 e. The van der Waals surface area contributed by atoms with Crippen LogP contribution in [0.4, 0.5) is 0 Å². The Bertz CT molecular complexity index is 69.1. The molecule has 0 rings (SSSR count). The van der Waals surface area contributed by atoms with Crippen LogP contribution in [0.25, 0.3) is 0 Å². The molecule has 0 N–H and O–H groups in total. The summed E-state index contributed by atoms with van der Waals surface area (Å²) in [5, 5.41) is 0. The Kier molecular flexibility index (Phi) is 5.70. The van der Waals surface area contributed by atoms with Crippen LogP contribution in [0, 0.1) is 12.8 Å². The van der Waals surface area contributed by atoms with Crippen molar-refractivity contribution in [1.82, 2.24) is 0 Å². The van der Waals surface area contributed by atoms with E-state index in [1.165, 1.54) is 0 Å². The molecule has 1 unspecified atom stereocenters. The van der Waals surface area contributed by atoms with Gasteiger partial charge in [0.15, 0.2) is 0 Å². The second kappa shape index (κ2) is 5.72. The maximum absolute atomic E-state index is 5.43. The molecule has 1 nitrogen and oxygen atoms in total. The van der Waals surface area contributed by atoms with Crippen molar-refractivity contribution in [3.8, 4) is 0 Å². The predicted octanol–water partition coefficient (Wildman–Crippen LogP) is 2.66. The Balaban J connectivity index is 3.12. The molecule has 0 aromatic carbocycles. The first-order chi connectivity index (χ1) is 4.66. The van der Waals surface area contributed by atoms with E-state index in [1.54, 1.807) is 0 Å². The molecule has 10 heavy (non-hydrogen) atoms. The highest BCUT2D eigenvalue weighted by molar-refractivity contribution is 4.58. The van der Waals surface area contributed by atoms with Crippen LogP contribution in [0.1, 0.15) is 33.6 Å². The number of hydrogen-bond donors (Lipinski definition) is 0. The molecule has 0 spiro atoms. The first-order valence-electron chi connectivity index (χ1n) is 4.11. The van der Waals surface area contributed by atoms with Gasteiger partial charge >= 0.3 is 0 Å². The minimum atomic E-state index is 0.201. The van der Waals surface area contributed by atoms with Crippen molar-refractivity contribution >= 4 is 0 Å². The van der Waals surface area contributed by atoms with Gasteiger partial charge in [-0.25, -0.2) is 0 Å². The topological polar surface area (TPSA) is 9.23 Å². The highest BCUT2D eigenvalue weighted by Crippen LogP contribution is 2.02. The van der Waals surface area contributed by atoms with Crippen LogP contribution < -0.4 is 0 Å². The zero-order chi connectivity index (χ0) is 7.98. The summed E-state index contributed by atoms with van der Waals surface area (Å²) in [6.07, 6.45) is 2.44. The van der Waals surface area contributed by atoms with Crippen LogP contribution in [0.5, 0.6) is 0 Å². The van der Waals surface area contributed by atoms with Crippen LogP contribution in [0.2, 0.25) is 0 Å². The van der Waals surface area contributed by atoms with Gasteiger partial charge < -0.3 is 4.74 Å². The van der Waals surface area contributed by atoms with Crippen molar-refractivity contribution in [1.29, 1.82) is 0 Å². The summed E-state index contributed by atoms with van der Waals surface area (Å²) < 4.78 is 5.43. The summed E-state index contributed by atoms with van der Waals surface area (Å²) in [6, 6.07) is 0. The lowest BCUT2D eigenvalue weighted by molar-refractivity contribution is 0.0580. The Morgan fingerprint density at radius 2 is 2.00 bits per heavy atom. The van der Waals surface area contributed by atoms with Gasteiger partial charge in [0.2, 0.25) is 0 Å². The van der Waals surface area contributed by atoms with E-state index in [9.17, 15) is 0 Å².